The Morgan fingerprint density at radius 1 is 1.14 bits per heavy atom. The van der Waals surface area contributed by atoms with Crippen molar-refractivity contribution in [1.82, 2.24) is 4.90 Å². The standard InChI is InChI=1S/C23H31NO4/c1-4-23(2,3)20(25)21(26)24-18-13-12-17(15-18)19(24)22(27)28-14-8-11-16-9-6-5-7-10-16/h5-7,9-10,17-19H,4,8,11-15H2,1-3H3/t17-,18+,19+/m1/s1. The van der Waals surface area contributed by atoms with E-state index in [1.165, 1.54) is 5.56 Å². The Kier molecular flexibility index (Phi) is 6.21. The highest BCUT2D eigenvalue weighted by Crippen LogP contribution is 2.43. The van der Waals surface area contributed by atoms with Gasteiger partial charge in [-0.3, -0.25) is 9.59 Å². The zero-order valence-corrected chi connectivity index (χ0v) is 17.1. The summed E-state index contributed by atoms with van der Waals surface area (Å²) in [5.74, 6) is -1.14. The van der Waals surface area contributed by atoms with Crippen LogP contribution < -0.4 is 0 Å². The first-order chi connectivity index (χ1) is 13.3. The highest BCUT2D eigenvalue weighted by Gasteiger charge is 2.54. The Hall–Kier alpha value is -2.17. The second-order valence-corrected chi connectivity index (χ2v) is 8.71. The predicted molar refractivity (Wildman–Crippen MR) is 107 cm³/mol. The molecule has 1 saturated carbocycles. The Morgan fingerprint density at radius 2 is 1.86 bits per heavy atom. The minimum atomic E-state index is -0.705. The van der Waals surface area contributed by atoms with Gasteiger partial charge in [-0.25, -0.2) is 4.79 Å². The van der Waals surface area contributed by atoms with E-state index in [4.69, 9.17) is 4.74 Å². The van der Waals surface area contributed by atoms with E-state index in [2.05, 4.69) is 12.1 Å². The van der Waals surface area contributed by atoms with Crippen LogP contribution in [0.5, 0.6) is 0 Å². The number of esters is 1. The molecule has 2 aliphatic rings. The van der Waals surface area contributed by atoms with Crippen LogP contribution in [0.4, 0.5) is 0 Å². The first kappa shape index (κ1) is 20.6. The summed E-state index contributed by atoms with van der Waals surface area (Å²) >= 11 is 0. The summed E-state index contributed by atoms with van der Waals surface area (Å²) in [6, 6.07) is 9.48. The Balaban J connectivity index is 1.60. The topological polar surface area (TPSA) is 63.7 Å². The van der Waals surface area contributed by atoms with Gasteiger partial charge in [0.05, 0.1) is 6.61 Å². The van der Waals surface area contributed by atoms with Crippen molar-refractivity contribution in [2.24, 2.45) is 11.3 Å². The lowest BCUT2D eigenvalue weighted by Gasteiger charge is -2.35. The molecule has 152 valence electrons. The van der Waals surface area contributed by atoms with Crippen LogP contribution in [0.25, 0.3) is 0 Å². The van der Waals surface area contributed by atoms with Crippen molar-refractivity contribution < 1.29 is 19.1 Å². The Morgan fingerprint density at radius 3 is 2.54 bits per heavy atom. The van der Waals surface area contributed by atoms with Crippen LogP contribution in [0.1, 0.15) is 58.4 Å². The molecular formula is C23H31NO4. The lowest BCUT2D eigenvalue weighted by atomic mass is 9.84. The van der Waals surface area contributed by atoms with Gasteiger partial charge in [-0.05, 0) is 50.0 Å². The third kappa shape index (κ3) is 4.13. The van der Waals surface area contributed by atoms with Crippen molar-refractivity contribution in [2.45, 2.75) is 71.4 Å². The molecule has 1 aliphatic carbocycles. The Bertz CT molecular complexity index is 727. The number of rotatable bonds is 8. The molecule has 5 heteroatoms. The third-order valence-electron chi connectivity index (χ3n) is 6.45. The van der Waals surface area contributed by atoms with E-state index in [-0.39, 0.29) is 17.9 Å². The van der Waals surface area contributed by atoms with Gasteiger partial charge in [0.1, 0.15) is 6.04 Å². The normalized spacial score (nSPS) is 23.7. The van der Waals surface area contributed by atoms with Crippen molar-refractivity contribution in [3.8, 4) is 0 Å². The van der Waals surface area contributed by atoms with Crippen LogP contribution in [0, 0.1) is 11.3 Å². The van der Waals surface area contributed by atoms with Crippen LogP contribution in [0.3, 0.4) is 0 Å². The summed E-state index contributed by atoms with van der Waals surface area (Å²) in [5.41, 5.74) is 0.506. The van der Waals surface area contributed by atoms with Gasteiger partial charge < -0.3 is 9.64 Å². The number of carbonyl (C=O) groups excluding carboxylic acids is 3. The molecule has 2 bridgehead atoms. The second-order valence-electron chi connectivity index (χ2n) is 8.71. The number of fused-ring (bicyclic) bond motifs is 2. The van der Waals surface area contributed by atoms with Crippen molar-refractivity contribution in [1.29, 1.82) is 0 Å². The molecule has 1 aliphatic heterocycles. The van der Waals surface area contributed by atoms with Crippen molar-refractivity contribution in [3.63, 3.8) is 0 Å². The first-order valence-electron chi connectivity index (χ1n) is 10.4. The van der Waals surface area contributed by atoms with E-state index in [1.807, 2.05) is 25.1 Å². The molecule has 0 aromatic heterocycles. The highest BCUT2D eigenvalue weighted by molar-refractivity contribution is 6.38. The second kappa shape index (κ2) is 8.46. The van der Waals surface area contributed by atoms with Crippen molar-refractivity contribution in [3.05, 3.63) is 35.9 Å². The molecule has 1 aromatic carbocycles. The van der Waals surface area contributed by atoms with E-state index in [9.17, 15) is 14.4 Å². The summed E-state index contributed by atoms with van der Waals surface area (Å²) in [7, 11) is 0. The average molecular weight is 386 g/mol. The predicted octanol–water partition coefficient (Wildman–Crippen LogP) is 3.55. The largest absolute Gasteiger partial charge is 0.464 e. The molecule has 0 spiro atoms. The first-order valence-corrected chi connectivity index (χ1v) is 10.4. The molecule has 1 amide bonds. The summed E-state index contributed by atoms with van der Waals surface area (Å²) in [4.78, 5) is 40.0. The number of amides is 1. The van der Waals surface area contributed by atoms with E-state index < -0.39 is 23.1 Å². The number of piperidine rings is 1. The number of likely N-dealkylation sites (tertiary alicyclic amines) is 1. The van der Waals surface area contributed by atoms with E-state index >= 15 is 0 Å². The van der Waals surface area contributed by atoms with Gasteiger partial charge in [-0.2, -0.15) is 0 Å². The number of carbonyl (C=O) groups is 3. The SMILES string of the molecule is CCC(C)(C)C(=O)C(=O)N1[C@H]2CC[C@H](C2)[C@H]1C(=O)OCCCc1ccccc1. The van der Waals surface area contributed by atoms with Crippen LogP contribution in [-0.4, -0.2) is 41.3 Å². The smallest absolute Gasteiger partial charge is 0.329 e. The van der Waals surface area contributed by atoms with E-state index in [1.54, 1.807) is 18.7 Å². The minimum Gasteiger partial charge on any atom is -0.464 e. The summed E-state index contributed by atoms with van der Waals surface area (Å²) in [5, 5.41) is 0. The molecule has 0 radical (unpaired) electrons. The number of hydrogen-bond donors (Lipinski definition) is 0. The molecule has 3 atom stereocenters. The number of benzene rings is 1. The van der Waals surface area contributed by atoms with Crippen molar-refractivity contribution >= 4 is 17.7 Å². The maximum atomic E-state index is 12.9. The maximum Gasteiger partial charge on any atom is 0.329 e. The Labute approximate surface area is 167 Å². The fourth-order valence-corrected chi connectivity index (χ4v) is 4.33. The van der Waals surface area contributed by atoms with Crippen LogP contribution in [-0.2, 0) is 25.5 Å². The zero-order chi connectivity index (χ0) is 20.3. The van der Waals surface area contributed by atoms with Gasteiger partial charge in [0.25, 0.3) is 5.91 Å². The van der Waals surface area contributed by atoms with E-state index in [0.29, 0.717) is 13.0 Å². The fraction of sp³-hybridized carbons (Fsp3) is 0.609. The molecule has 1 heterocycles. The number of hydrogen-bond acceptors (Lipinski definition) is 4. The molecule has 28 heavy (non-hydrogen) atoms. The average Bonchev–Trinajstić information content (AvgIpc) is 3.32. The zero-order valence-electron chi connectivity index (χ0n) is 17.1. The number of nitrogens with zero attached hydrogens (tertiary/aromatic N) is 1. The molecule has 2 fully saturated rings. The molecule has 0 unspecified atom stereocenters. The number of ether oxygens (including phenoxy) is 1. The summed E-state index contributed by atoms with van der Waals surface area (Å²) in [6.45, 7) is 5.81. The van der Waals surface area contributed by atoms with Gasteiger partial charge in [-0.15, -0.1) is 0 Å². The molecule has 5 nitrogen and oxygen atoms in total. The summed E-state index contributed by atoms with van der Waals surface area (Å²) < 4.78 is 5.53. The van der Waals surface area contributed by atoms with Crippen LogP contribution in [0.15, 0.2) is 30.3 Å². The van der Waals surface area contributed by atoms with Gasteiger partial charge in [0, 0.05) is 11.5 Å². The lowest BCUT2D eigenvalue weighted by Crippen LogP contribution is -2.54. The summed E-state index contributed by atoms with van der Waals surface area (Å²) in [6.07, 6.45) is 4.77. The van der Waals surface area contributed by atoms with Gasteiger partial charge in [0.15, 0.2) is 0 Å². The quantitative estimate of drug-likeness (QED) is 0.390. The highest BCUT2D eigenvalue weighted by atomic mass is 16.5. The van der Waals surface area contributed by atoms with Crippen LogP contribution in [0.2, 0.25) is 0 Å². The molecule has 1 saturated heterocycles. The molecular weight excluding hydrogens is 354 g/mol. The van der Waals surface area contributed by atoms with Gasteiger partial charge in [-0.1, -0.05) is 51.1 Å². The molecule has 3 rings (SSSR count). The van der Waals surface area contributed by atoms with Crippen LogP contribution >= 0.6 is 0 Å². The lowest BCUT2D eigenvalue weighted by molar-refractivity contribution is -0.161. The minimum absolute atomic E-state index is 0.00373. The van der Waals surface area contributed by atoms with Crippen molar-refractivity contribution in [2.75, 3.05) is 6.61 Å². The molecule has 1 aromatic rings. The van der Waals surface area contributed by atoms with E-state index in [0.717, 1.165) is 32.1 Å². The fourth-order valence-electron chi connectivity index (χ4n) is 4.33. The van der Waals surface area contributed by atoms with Gasteiger partial charge in [0.2, 0.25) is 5.78 Å². The van der Waals surface area contributed by atoms with Gasteiger partial charge >= 0.3 is 5.97 Å². The monoisotopic (exact) mass is 385 g/mol. The maximum absolute atomic E-state index is 12.9. The number of aryl methyl sites for hydroxylation is 1. The molecule has 0 N–H and O–H groups in total. The number of ketones is 1. The number of Topliss-reactive ketones (excluding diaryl/α,β-unsaturated/α-hetero) is 1. The third-order valence-corrected chi connectivity index (χ3v) is 6.45.